The van der Waals surface area contributed by atoms with Gasteiger partial charge in [-0.3, -0.25) is 4.79 Å². The first-order valence-electron chi connectivity index (χ1n) is 6.17. The van der Waals surface area contributed by atoms with Crippen LogP contribution in [-0.4, -0.2) is 25.7 Å². The van der Waals surface area contributed by atoms with Gasteiger partial charge in [-0.15, -0.1) is 0 Å². The van der Waals surface area contributed by atoms with Gasteiger partial charge in [-0.25, -0.2) is 0 Å². The van der Waals surface area contributed by atoms with Gasteiger partial charge in [0, 0.05) is 6.42 Å². The first-order chi connectivity index (χ1) is 7.31. The monoisotopic (exact) mass is 215 g/mol. The highest BCUT2D eigenvalue weighted by Gasteiger charge is 1.96. The summed E-state index contributed by atoms with van der Waals surface area (Å²) in [4.78, 5) is 10.8. The van der Waals surface area contributed by atoms with Crippen molar-refractivity contribution in [2.45, 2.75) is 52.4 Å². The average Bonchev–Trinajstić information content (AvgIpc) is 2.26. The summed E-state index contributed by atoms with van der Waals surface area (Å²) in [6, 6.07) is 0. The lowest BCUT2D eigenvalue weighted by Gasteiger charge is -2.04. The second-order valence-electron chi connectivity index (χ2n) is 3.74. The molecule has 0 bridgehead atoms. The van der Waals surface area contributed by atoms with E-state index in [1.165, 1.54) is 19.3 Å². The Balaban J connectivity index is 2.95. The molecule has 0 aromatic heterocycles. The number of carbonyl (C=O) groups excluding carboxylic acids is 1. The molecule has 0 unspecified atom stereocenters. The number of unbranched alkanes of at least 4 members (excludes halogenated alkanes) is 3. The predicted molar refractivity (Wildman–Crippen MR) is 62.9 cm³/mol. The number of rotatable bonds is 10. The van der Waals surface area contributed by atoms with Gasteiger partial charge in [0.2, 0.25) is 0 Å². The quantitative estimate of drug-likeness (QED) is 0.449. The second kappa shape index (κ2) is 11.5. The fourth-order valence-corrected chi connectivity index (χ4v) is 1.24. The maximum absolute atomic E-state index is 10.8. The van der Waals surface area contributed by atoms with Crippen LogP contribution in [0.25, 0.3) is 0 Å². The van der Waals surface area contributed by atoms with Gasteiger partial charge in [0.15, 0.2) is 0 Å². The largest absolute Gasteiger partial charge is 0.466 e. The normalized spacial score (nSPS) is 10.3. The van der Waals surface area contributed by atoms with Crippen molar-refractivity contribution in [3.05, 3.63) is 0 Å². The average molecular weight is 215 g/mol. The zero-order valence-electron chi connectivity index (χ0n) is 10.2. The Bertz CT molecular complexity index is 149. The lowest BCUT2D eigenvalue weighted by molar-refractivity contribution is -0.143. The maximum Gasteiger partial charge on any atom is 0.305 e. The molecule has 3 heteroatoms. The first-order valence-corrected chi connectivity index (χ1v) is 6.17. The zero-order valence-corrected chi connectivity index (χ0v) is 10.2. The molecular weight excluding hydrogens is 190 g/mol. The van der Waals surface area contributed by atoms with E-state index >= 15 is 0 Å². The Morgan fingerprint density at radius 1 is 1.07 bits per heavy atom. The van der Waals surface area contributed by atoms with Gasteiger partial charge in [0.05, 0.1) is 6.61 Å². The van der Waals surface area contributed by atoms with Crippen LogP contribution in [0.5, 0.6) is 0 Å². The van der Waals surface area contributed by atoms with Gasteiger partial charge in [-0.05, 0) is 38.8 Å². The lowest BCUT2D eigenvalue weighted by atomic mass is 10.2. The van der Waals surface area contributed by atoms with Gasteiger partial charge >= 0.3 is 5.97 Å². The lowest BCUT2D eigenvalue weighted by Crippen LogP contribution is -2.16. The maximum atomic E-state index is 10.8. The summed E-state index contributed by atoms with van der Waals surface area (Å²) in [5.41, 5.74) is 0. The van der Waals surface area contributed by atoms with Crippen molar-refractivity contribution in [1.29, 1.82) is 0 Å². The third-order valence-corrected chi connectivity index (χ3v) is 2.26. The minimum absolute atomic E-state index is 0.0870. The summed E-state index contributed by atoms with van der Waals surface area (Å²) in [6.45, 7) is 6.81. The van der Waals surface area contributed by atoms with Crippen LogP contribution in [0.15, 0.2) is 0 Å². The Morgan fingerprint density at radius 3 is 2.47 bits per heavy atom. The Hall–Kier alpha value is -0.570. The number of nitrogens with one attached hydrogen (secondary N) is 1. The molecule has 3 nitrogen and oxygen atoms in total. The van der Waals surface area contributed by atoms with E-state index in [0.717, 1.165) is 25.9 Å². The topological polar surface area (TPSA) is 38.3 Å². The van der Waals surface area contributed by atoms with E-state index < -0.39 is 0 Å². The summed E-state index contributed by atoms with van der Waals surface area (Å²) in [7, 11) is 0. The van der Waals surface area contributed by atoms with Crippen LogP contribution in [-0.2, 0) is 9.53 Å². The fourth-order valence-electron chi connectivity index (χ4n) is 1.24. The van der Waals surface area contributed by atoms with E-state index in [2.05, 4.69) is 12.2 Å². The highest BCUT2D eigenvalue weighted by atomic mass is 16.5. The predicted octanol–water partition coefficient (Wildman–Crippen LogP) is 2.50. The molecule has 0 heterocycles. The van der Waals surface area contributed by atoms with E-state index in [1.54, 1.807) is 0 Å². The van der Waals surface area contributed by atoms with Crippen molar-refractivity contribution < 1.29 is 9.53 Å². The van der Waals surface area contributed by atoms with Crippen molar-refractivity contribution in [3.8, 4) is 0 Å². The van der Waals surface area contributed by atoms with Gasteiger partial charge in [0.1, 0.15) is 0 Å². The standard InChI is InChI=1S/C12H25NO2/c1-3-5-9-13-10-7-6-8-11-15-12(14)4-2/h13H,3-11H2,1-2H3. The number of hydrogen-bond donors (Lipinski definition) is 1. The molecule has 0 saturated carbocycles. The summed E-state index contributed by atoms with van der Waals surface area (Å²) >= 11 is 0. The van der Waals surface area contributed by atoms with Crippen LogP contribution in [0.2, 0.25) is 0 Å². The molecule has 0 aliphatic heterocycles. The van der Waals surface area contributed by atoms with Gasteiger partial charge < -0.3 is 10.1 Å². The Kier molecular flexibility index (Phi) is 11.1. The highest BCUT2D eigenvalue weighted by Crippen LogP contribution is 1.96. The van der Waals surface area contributed by atoms with E-state index in [9.17, 15) is 4.79 Å². The van der Waals surface area contributed by atoms with Crippen molar-refractivity contribution in [1.82, 2.24) is 5.32 Å². The first kappa shape index (κ1) is 14.4. The number of ether oxygens (including phenoxy) is 1. The van der Waals surface area contributed by atoms with E-state index in [0.29, 0.717) is 13.0 Å². The SMILES string of the molecule is CCCCNCCCCCOC(=O)CC. The van der Waals surface area contributed by atoms with Crippen LogP contribution in [0.4, 0.5) is 0 Å². The molecule has 0 aliphatic carbocycles. The van der Waals surface area contributed by atoms with E-state index in [4.69, 9.17) is 4.74 Å². The molecule has 0 aliphatic rings. The number of carbonyl (C=O) groups is 1. The molecule has 90 valence electrons. The van der Waals surface area contributed by atoms with Crippen molar-refractivity contribution in [2.24, 2.45) is 0 Å². The molecule has 0 atom stereocenters. The fraction of sp³-hybridized carbons (Fsp3) is 0.917. The highest BCUT2D eigenvalue weighted by molar-refractivity contribution is 5.68. The molecular formula is C12H25NO2. The molecule has 0 spiro atoms. The van der Waals surface area contributed by atoms with Crippen molar-refractivity contribution in [3.63, 3.8) is 0 Å². The molecule has 0 aromatic rings. The molecule has 15 heavy (non-hydrogen) atoms. The van der Waals surface area contributed by atoms with Crippen LogP contribution in [0.1, 0.15) is 52.4 Å². The second-order valence-corrected chi connectivity index (χ2v) is 3.74. The van der Waals surface area contributed by atoms with Gasteiger partial charge in [-0.1, -0.05) is 20.3 Å². The molecule has 0 saturated heterocycles. The molecule has 0 amide bonds. The Labute approximate surface area is 93.6 Å². The molecule has 0 fully saturated rings. The Morgan fingerprint density at radius 2 is 1.80 bits per heavy atom. The summed E-state index contributed by atoms with van der Waals surface area (Å²) in [6.07, 6.45) is 6.29. The minimum atomic E-state index is -0.0870. The molecule has 0 aromatic carbocycles. The van der Waals surface area contributed by atoms with Gasteiger partial charge in [-0.2, -0.15) is 0 Å². The number of hydrogen-bond acceptors (Lipinski definition) is 3. The third-order valence-electron chi connectivity index (χ3n) is 2.26. The van der Waals surface area contributed by atoms with Crippen molar-refractivity contribution in [2.75, 3.05) is 19.7 Å². The van der Waals surface area contributed by atoms with E-state index in [-0.39, 0.29) is 5.97 Å². The van der Waals surface area contributed by atoms with Crippen LogP contribution in [0, 0.1) is 0 Å². The van der Waals surface area contributed by atoms with Crippen LogP contribution < -0.4 is 5.32 Å². The third kappa shape index (κ3) is 11.4. The molecule has 0 radical (unpaired) electrons. The van der Waals surface area contributed by atoms with Gasteiger partial charge in [0.25, 0.3) is 0 Å². The number of esters is 1. The summed E-state index contributed by atoms with van der Waals surface area (Å²) in [5, 5.41) is 3.39. The smallest absolute Gasteiger partial charge is 0.305 e. The van der Waals surface area contributed by atoms with Crippen LogP contribution in [0.3, 0.4) is 0 Å². The summed E-state index contributed by atoms with van der Waals surface area (Å²) < 4.78 is 4.98. The molecule has 1 N–H and O–H groups in total. The summed E-state index contributed by atoms with van der Waals surface area (Å²) in [5.74, 6) is -0.0870. The van der Waals surface area contributed by atoms with Crippen molar-refractivity contribution >= 4 is 5.97 Å². The zero-order chi connectivity index (χ0) is 11.4. The van der Waals surface area contributed by atoms with Crippen LogP contribution >= 0.6 is 0 Å². The molecule has 0 rings (SSSR count). The van der Waals surface area contributed by atoms with E-state index in [1.807, 2.05) is 6.92 Å². The minimum Gasteiger partial charge on any atom is -0.466 e.